The van der Waals surface area contributed by atoms with Gasteiger partial charge in [-0.25, -0.2) is 0 Å². The van der Waals surface area contributed by atoms with E-state index in [9.17, 15) is 28.8 Å². The Morgan fingerprint density at radius 3 is 0.494 bits per heavy atom. The first kappa shape index (κ1) is 65.2. The molecule has 432 valence electrons. The van der Waals surface area contributed by atoms with Gasteiger partial charge in [0, 0.05) is 0 Å². The first-order valence-electron chi connectivity index (χ1n) is 26.5. The molecule has 0 bridgehead atoms. The fraction of sp³-hybridized carbons (Fsp3) is 0. The van der Waals surface area contributed by atoms with Gasteiger partial charge in [-0.1, -0.05) is 0 Å². The van der Waals surface area contributed by atoms with Crippen LogP contribution in [0.5, 0.6) is 34.5 Å². The van der Waals surface area contributed by atoms with Gasteiger partial charge >= 0.3 is 532 Å². The number of carbonyl (C=O) groups excluding carboxylic acids is 6. The topological polar surface area (TPSA) is 158 Å². The van der Waals surface area contributed by atoms with Crippen LogP contribution in [-0.2, 0) is 28.8 Å². The summed E-state index contributed by atoms with van der Waals surface area (Å²) in [6.07, 6.45) is 25.6. The summed E-state index contributed by atoms with van der Waals surface area (Å²) in [5.41, 5.74) is 0. The third-order valence-electron chi connectivity index (χ3n) is 11.8. The molecular formula is C72H57O12Sb3. The summed E-state index contributed by atoms with van der Waals surface area (Å²) >= 11 is -10.1. The van der Waals surface area contributed by atoms with Crippen molar-refractivity contribution in [3.05, 3.63) is 313 Å². The fourth-order valence-corrected chi connectivity index (χ4v) is 30.7. The van der Waals surface area contributed by atoms with Crippen molar-refractivity contribution in [1.29, 1.82) is 0 Å². The molecule has 0 saturated carbocycles. The molecule has 0 amide bonds. The van der Waals surface area contributed by atoms with Crippen LogP contribution in [0.15, 0.2) is 313 Å². The van der Waals surface area contributed by atoms with E-state index in [1.807, 2.05) is 72.8 Å². The summed E-state index contributed by atoms with van der Waals surface area (Å²) in [5, 5.41) is 0. The second-order valence-electron chi connectivity index (χ2n) is 17.8. The third kappa shape index (κ3) is 19.9. The van der Waals surface area contributed by atoms with Crippen LogP contribution < -0.4 is 60.0 Å². The molecule has 0 radical (unpaired) electrons. The molecule has 0 saturated heterocycles. The van der Waals surface area contributed by atoms with Crippen LogP contribution >= 0.6 is 0 Å². The van der Waals surface area contributed by atoms with E-state index in [2.05, 4.69) is 57.7 Å². The Balaban J connectivity index is 1.53. The number of rotatable bonds is 27. The molecule has 15 heteroatoms. The average molecular weight is 1480 g/mol. The predicted molar refractivity (Wildman–Crippen MR) is 349 cm³/mol. The Bertz CT molecular complexity index is 3210. The molecule has 7 aromatic carbocycles. The number of hydrogen-bond acceptors (Lipinski definition) is 12. The van der Waals surface area contributed by atoms with Crippen LogP contribution in [0, 0.1) is 0 Å². The number of ether oxygens (including phenoxy) is 6. The average Bonchev–Trinajstić information content (AvgIpc) is 1.28. The van der Waals surface area contributed by atoms with Crippen molar-refractivity contribution >= 4 is 128 Å². The molecule has 7 aromatic rings. The van der Waals surface area contributed by atoms with Gasteiger partial charge in [0.05, 0.1) is 0 Å². The van der Waals surface area contributed by atoms with Gasteiger partial charge in [0.2, 0.25) is 0 Å². The normalized spacial score (nSPS) is 11.3. The summed E-state index contributed by atoms with van der Waals surface area (Å²) < 4.78 is 43.2. The van der Waals surface area contributed by atoms with Crippen molar-refractivity contribution in [2.45, 2.75) is 0 Å². The van der Waals surface area contributed by atoms with Gasteiger partial charge < -0.3 is 0 Å². The standard InChI is InChI=1S/6C11H9O2.C6H3.3Sb/c6*1-2-3-9-11(12)13-10-7-5-4-6-8-10;1-2-4-6-5-3-1;;;/h6*2-3,5-9H,1H2;1,4-5H;;;. The van der Waals surface area contributed by atoms with Crippen LogP contribution in [-0.4, -0.2) is 96.4 Å². The monoisotopic (exact) mass is 1480 g/mol. The Morgan fingerprint density at radius 2 is 0.368 bits per heavy atom. The fourth-order valence-electron chi connectivity index (χ4n) is 8.07. The van der Waals surface area contributed by atoms with Crippen LogP contribution in [0.2, 0.25) is 0 Å². The zero-order chi connectivity index (χ0) is 61.9. The van der Waals surface area contributed by atoms with Crippen molar-refractivity contribution < 1.29 is 57.2 Å². The molecule has 12 nitrogen and oxygen atoms in total. The minimum atomic E-state index is -3.36. The van der Waals surface area contributed by atoms with E-state index in [4.69, 9.17) is 28.4 Å². The maximum absolute atomic E-state index is 12.8. The summed E-state index contributed by atoms with van der Waals surface area (Å²) in [6, 6.07) is 51.8. The van der Waals surface area contributed by atoms with Gasteiger partial charge in [0.15, 0.2) is 0 Å². The number of benzene rings is 7. The van der Waals surface area contributed by atoms with E-state index in [0.29, 0.717) is 34.5 Å². The molecule has 0 spiro atoms. The first-order valence-corrected chi connectivity index (χ1v) is 38.0. The van der Waals surface area contributed by atoms with Crippen molar-refractivity contribution in [3.8, 4) is 34.5 Å². The van der Waals surface area contributed by atoms with Crippen LogP contribution in [0.4, 0.5) is 0 Å². The van der Waals surface area contributed by atoms with Crippen LogP contribution in [0.1, 0.15) is 0 Å². The molecule has 0 unspecified atom stereocenters. The molecule has 0 fully saturated rings. The molecule has 0 aliphatic heterocycles. The van der Waals surface area contributed by atoms with Gasteiger partial charge in [-0.3, -0.25) is 0 Å². The SMILES string of the molecule is C=CC=CC(=O)Oc1cc[c]([Sb]([c]2ccc(OC(=O)C=CC=C)cc2)[c]2c[c]([Sb]([c]3ccc(OC(=O)C=CC=C)cc3)[c]3ccc(OC(=O)C=CC=C)cc3)c[c]([Sb]([c]3ccc(OC(=O)C=CC=C)cc3)[c]3ccc(OC(=O)C=CC=C)cc3)c2)cc1. The second-order valence-corrected chi connectivity index (χ2v) is 36.8. The predicted octanol–water partition coefficient (Wildman–Crippen LogP) is 7.12. The summed E-state index contributed by atoms with van der Waals surface area (Å²) in [4.78, 5) is 76.8. The van der Waals surface area contributed by atoms with E-state index in [1.54, 1.807) is 72.8 Å². The van der Waals surface area contributed by atoms with Crippen molar-refractivity contribution in [2.75, 3.05) is 0 Å². The van der Waals surface area contributed by atoms with Gasteiger partial charge in [0.1, 0.15) is 0 Å². The summed E-state index contributed by atoms with van der Waals surface area (Å²) in [5.74, 6) is -1.42. The minimum absolute atomic E-state index is 0.334. The van der Waals surface area contributed by atoms with Crippen LogP contribution in [0.25, 0.3) is 0 Å². The van der Waals surface area contributed by atoms with Crippen molar-refractivity contribution in [3.63, 3.8) is 0 Å². The van der Waals surface area contributed by atoms with E-state index in [-0.39, 0.29) is 0 Å². The number of hydrogen-bond donors (Lipinski definition) is 0. The first-order chi connectivity index (χ1) is 42.3. The van der Waals surface area contributed by atoms with Crippen LogP contribution in [0.3, 0.4) is 0 Å². The summed E-state index contributed by atoms with van der Waals surface area (Å²) in [6.45, 7) is 21.9. The summed E-state index contributed by atoms with van der Waals surface area (Å²) in [7, 11) is 0. The van der Waals surface area contributed by atoms with Crippen molar-refractivity contribution in [2.24, 2.45) is 0 Å². The quantitative estimate of drug-likeness (QED) is 0.0169. The van der Waals surface area contributed by atoms with E-state index >= 15 is 0 Å². The third-order valence-corrected chi connectivity index (χ3v) is 32.3. The number of carbonyl (C=O) groups is 6. The molecule has 0 aliphatic rings. The van der Waals surface area contributed by atoms with Gasteiger partial charge in [-0.15, -0.1) is 0 Å². The van der Waals surface area contributed by atoms with E-state index in [0.717, 1.165) is 31.6 Å². The van der Waals surface area contributed by atoms with Crippen molar-refractivity contribution in [1.82, 2.24) is 0 Å². The van der Waals surface area contributed by atoms with Gasteiger partial charge in [0.25, 0.3) is 0 Å². The second kappa shape index (κ2) is 34.0. The Labute approximate surface area is 527 Å². The zero-order valence-electron chi connectivity index (χ0n) is 47.0. The zero-order valence-corrected chi connectivity index (χ0v) is 54.6. The Morgan fingerprint density at radius 1 is 0.230 bits per heavy atom. The van der Waals surface area contributed by atoms with E-state index in [1.165, 1.54) is 109 Å². The molecule has 0 aromatic heterocycles. The number of esters is 6. The number of allylic oxidation sites excluding steroid dienone is 12. The van der Waals surface area contributed by atoms with E-state index < -0.39 is 96.4 Å². The maximum atomic E-state index is 12.8. The molecule has 0 atom stereocenters. The Kier molecular flexibility index (Phi) is 25.5. The molecule has 0 aliphatic carbocycles. The van der Waals surface area contributed by atoms with Gasteiger partial charge in [-0.2, -0.15) is 0 Å². The van der Waals surface area contributed by atoms with Gasteiger partial charge in [-0.05, 0) is 0 Å². The Hall–Kier alpha value is -9.31. The molecule has 87 heavy (non-hydrogen) atoms. The molecule has 7 rings (SSSR count). The molecule has 0 heterocycles. The molecular weight excluding hydrogens is 1420 g/mol. The molecule has 0 N–H and O–H groups in total.